The van der Waals surface area contributed by atoms with Gasteiger partial charge in [0.05, 0.1) is 22.5 Å². The first kappa shape index (κ1) is 16.4. The average molecular weight is 333 g/mol. The number of hydrogen-bond donors (Lipinski definition) is 2. The monoisotopic (exact) mass is 333 g/mol. The predicted octanol–water partition coefficient (Wildman–Crippen LogP) is 0.595. The molecule has 2 N–H and O–H groups in total. The second-order valence-corrected chi connectivity index (χ2v) is 9.26. The highest BCUT2D eigenvalue weighted by atomic mass is 32.2. The SMILES string of the molecule is CC(O)c1ccc(S(=O)(=O)NC2CCCS(=O)(=O)C2)cc1. The maximum atomic E-state index is 12.2. The lowest BCUT2D eigenvalue weighted by Gasteiger charge is -2.22. The Hall–Kier alpha value is -0.960. The van der Waals surface area contributed by atoms with Crippen LogP contribution in [0.4, 0.5) is 0 Å². The van der Waals surface area contributed by atoms with Crippen LogP contribution in [0.15, 0.2) is 29.2 Å². The van der Waals surface area contributed by atoms with Crippen molar-refractivity contribution in [1.29, 1.82) is 0 Å². The molecule has 1 aliphatic rings. The van der Waals surface area contributed by atoms with E-state index in [1.54, 1.807) is 6.92 Å². The number of sulfone groups is 1. The molecule has 2 rings (SSSR count). The highest BCUT2D eigenvalue weighted by Gasteiger charge is 2.28. The van der Waals surface area contributed by atoms with Crippen molar-refractivity contribution in [2.75, 3.05) is 11.5 Å². The molecule has 2 atom stereocenters. The Balaban J connectivity index is 2.14. The average Bonchev–Trinajstić information content (AvgIpc) is 2.37. The van der Waals surface area contributed by atoms with E-state index in [2.05, 4.69) is 4.72 Å². The molecule has 21 heavy (non-hydrogen) atoms. The molecule has 1 aromatic rings. The fraction of sp³-hybridized carbons (Fsp3) is 0.538. The summed E-state index contributed by atoms with van der Waals surface area (Å²) in [5.41, 5.74) is 0.620. The van der Waals surface area contributed by atoms with Gasteiger partial charge in [0.1, 0.15) is 0 Å². The maximum absolute atomic E-state index is 12.2. The lowest BCUT2D eigenvalue weighted by atomic mass is 10.1. The Morgan fingerprint density at radius 1 is 1.29 bits per heavy atom. The molecule has 0 radical (unpaired) electrons. The number of aliphatic hydroxyl groups excluding tert-OH is 1. The molecule has 1 fully saturated rings. The van der Waals surface area contributed by atoms with Crippen LogP contribution in [0.5, 0.6) is 0 Å². The van der Waals surface area contributed by atoms with E-state index in [9.17, 15) is 21.9 Å². The second kappa shape index (κ2) is 6.04. The summed E-state index contributed by atoms with van der Waals surface area (Å²) in [4.78, 5) is 0.0647. The van der Waals surface area contributed by atoms with Gasteiger partial charge in [0, 0.05) is 6.04 Å². The van der Waals surface area contributed by atoms with Crippen molar-refractivity contribution in [2.24, 2.45) is 0 Å². The number of hydrogen-bond acceptors (Lipinski definition) is 5. The van der Waals surface area contributed by atoms with Crippen molar-refractivity contribution in [2.45, 2.75) is 36.8 Å². The molecule has 0 aliphatic carbocycles. The quantitative estimate of drug-likeness (QED) is 0.840. The molecule has 0 aromatic heterocycles. The lowest BCUT2D eigenvalue weighted by molar-refractivity contribution is 0.199. The first-order chi connectivity index (χ1) is 9.70. The van der Waals surface area contributed by atoms with Crippen LogP contribution >= 0.6 is 0 Å². The Morgan fingerprint density at radius 3 is 2.43 bits per heavy atom. The van der Waals surface area contributed by atoms with Crippen LogP contribution in [-0.4, -0.2) is 39.5 Å². The minimum atomic E-state index is -3.75. The zero-order valence-electron chi connectivity index (χ0n) is 11.7. The normalized spacial score (nSPS) is 23.6. The first-order valence-electron chi connectivity index (χ1n) is 6.70. The molecule has 0 bridgehead atoms. The molecular weight excluding hydrogens is 314 g/mol. The highest BCUT2D eigenvalue weighted by Crippen LogP contribution is 2.18. The fourth-order valence-corrected chi connectivity index (χ4v) is 5.34. The van der Waals surface area contributed by atoms with Gasteiger partial charge in [0.25, 0.3) is 0 Å². The van der Waals surface area contributed by atoms with E-state index in [4.69, 9.17) is 0 Å². The van der Waals surface area contributed by atoms with Crippen LogP contribution in [0.1, 0.15) is 31.4 Å². The van der Waals surface area contributed by atoms with Crippen molar-refractivity contribution in [3.63, 3.8) is 0 Å². The molecule has 2 unspecified atom stereocenters. The number of rotatable bonds is 4. The zero-order chi connectivity index (χ0) is 15.7. The summed E-state index contributed by atoms with van der Waals surface area (Å²) in [5.74, 6) is -0.0354. The predicted molar refractivity (Wildman–Crippen MR) is 79.1 cm³/mol. The maximum Gasteiger partial charge on any atom is 0.240 e. The van der Waals surface area contributed by atoms with Gasteiger partial charge in [0.15, 0.2) is 9.84 Å². The van der Waals surface area contributed by atoms with E-state index in [0.717, 1.165) is 0 Å². The van der Waals surface area contributed by atoms with Crippen molar-refractivity contribution in [3.8, 4) is 0 Å². The minimum absolute atomic E-state index is 0.0647. The van der Waals surface area contributed by atoms with Gasteiger partial charge >= 0.3 is 0 Å². The third-order valence-electron chi connectivity index (χ3n) is 3.46. The number of benzene rings is 1. The largest absolute Gasteiger partial charge is 0.389 e. The molecule has 1 saturated heterocycles. The first-order valence-corrected chi connectivity index (χ1v) is 10.0. The molecule has 0 saturated carbocycles. The summed E-state index contributed by atoms with van der Waals surface area (Å²) in [6, 6.07) is 5.31. The van der Waals surface area contributed by atoms with Crippen LogP contribution in [0, 0.1) is 0 Å². The topological polar surface area (TPSA) is 101 Å². The van der Waals surface area contributed by atoms with Crippen LogP contribution in [0.3, 0.4) is 0 Å². The minimum Gasteiger partial charge on any atom is -0.389 e. The van der Waals surface area contributed by atoms with Gasteiger partial charge in [-0.05, 0) is 37.5 Å². The zero-order valence-corrected chi connectivity index (χ0v) is 13.3. The van der Waals surface area contributed by atoms with Crippen molar-refractivity contribution in [3.05, 3.63) is 29.8 Å². The summed E-state index contributed by atoms with van der Waals surface area (Å²) in [6.45, 7) is 1.59. The van der Waals surface area contributed by atoms with Gasteiger partial charge in [-0.25, -0.2) is 21.6 Å². The van der Waals surface area contributed by atoms with Gasteiger partial charge < -0.3 is 5.11 Å². The number of nitrogens with one attached hydrogen (secondary N) is 1. The van der Waals surface area contributed by atoms with Crippen LogP contribution in [-0.2, 0) is 19.9 Å². The van der Waals surface area contributed by atoms with Crippen molar-refractivity contribution in [1.82, 2.24) is 4.72 Å². The Morgan fingerprint density at radius 2 is 1.90 bits per heavy atom. The van der Waals surface area contributed by atoms with E-state index >= 15 is 0 Å². The van der Waals surface area contributed by atoms with Gasteiger partial charge in [-0.2, -0.15) is 0 Å². The molecule has 1 aliphatic heterocycles. The van der Waals surface area contributed by atoms with E-state index in [0.29, 0.717) is 18.4 Å². The van der Waals surface area contributed by atoms with E-state index in [1.165, 1.54) is 24.3 Å². The smallest absolute Gasteiger partial charge is 0.240 e. The van der Waals surface area contributed by atoms with Crippen molar-refractivity contribution < 1.29 is 21.9 Å². The van der Waals surface area contributed by atoms with Gasteiger partial charge in [-0.3, -0.25) is 0 Å². The van der Waals surface area contributed by atoms with Gasteiger partial charge in [-0.15, -0.1) is 0 Å². The molecule has 1 aromatic carbocycles. The summed E-state index contributed by atoms with van der Waals surface area (Å²) < 4.78 is 50.0. The van der Waals surface area contributed by atoms with Crippen LogP contribution in [0.2, 0.25) is 0 Å². The van der Waals surface area contributed by atoms with Crippen molar-refractivity contribution >= 4 is 19.9 Å². The Bertz CT molecular complexity index is 693. The third-order valence-corrected chi connectivity index (χ3v) is 6.81. The van der Waals surface area contributed by atoms with E-state index in [1.807, 2.05) is 0 Å². The van der Waals surface area contributed by atoms with Crippen LogP contribution in [0.25, 0.3) is 0 Å². The summed E-state index contributed by atoms with van der Waals surface area (Å²) in [7, 11) is -6.91. The third kappa shape index (κ3) is 4.26. The molecular formula is C13H19NO5S2. The van der Waals surface area contributed by atoms with E-state index < -0.39 is 32.0 Å². The lowest BCUT2D eigenvalue weighted by Crippen LogP contribution is -2.43. The fourth-order valence-electron chi connectivity index (χ4n) is 2.33. The standard InChI is InChI=1S/C13H19NO5S2/c1-10(15)11-4-6-13(7-5-11)21(18,19)14-12-3-2-8-20(16,17)9-12/h4-7,10,12,14-15H,2-3,8-9H2,1H3. The second-order valence-electron chi connectivity index (χ2n) is 5.32. The molecule has 0 amide bonds. The summed E-state index contributed by atoms with van der Waals surface area (Å²) in [5, 5.41) is 9.40. The summed E-state index contributed by atoms with van der Waals surface area (Å²) >= 11 is 0. The Labute approximate surface area is 125 Å². The van der Waals surface area contributed by atoms with E-state index in [-0.39, 0.29) is 16.4 Å². The van der Waals surface area contributed by atoms with Crippen LogP contribution < -0.4 is 4.72 Å². The van der Waals surface area contributed by atoms with Gasteiger partial charge in [-0.1, -0.05) is 12.1 Å². The molecule has 118 valence electrons. The highest BCUT2D eigenvalue weighted by molar-refractivity contribution is 7.91. The van der Waals surface area contributed by atoms with Gasteiger partial charge in [0.2, 0.25) is 10.0 Å². The number of aliphatic hydroxyl groups is 1. The molecule has 0 spiro atoms. The number of sulfonamides is 1. The molecule has 1 heterocycles. The Kier molecular flexibility index (Phi) is 4.72. The molecule has 6 nitrogen and oxygen atoms in total. The molecule has 8 heteroatoms. The summed E-state index contributed by atoms with van der Waals surface area (Å²) in [6.07, 6.45) is 0.318.